The molecule has 0 aromatic heterocycles. The molecule has 1 atom stereocenters. The Kier molecular flexibility index (Phi) is 3.22. The van der Waals surface area contributed by atoms with Gasteiger partial charge in [0.1, 0.15) is 0 Å². The zero-order chi connectivity index (χ0) is 12.7. The van der Waals surface area contributed by atoms with E-state index in [4.69, 9.17) is 10.2 Å². The zero-order valence-corrected chi connectivity index (χ0v) is 13.3. The van der Waals surface area contributed by atoms with E-state index in [-0.39, 0.29) is 6.10 Å². The van der Waals surface area contributed by atoms with Crippen LogP contribution in [-0.4, -0.2) is 15.4 Å². The van der Waals surface area contributed by atoms with Crippen LogP contribution < -0.4 is 5.73 Å². The molecule has 2 N–H and O–H groups in total. The van der Waals surface area contributed by atoms with Crippen molar-refractivity contribution in [3.8, 4) is 0 Å². The van der Waals surface area contributed by atoms with Crippen LogP contribution in [0.3, 0.4) is 0 Å². The van der Waals surface area contributed by atoms with Gasteiger partial charge in [0.25, 0.3) is 0 Å². The van der Waals surface area contributed by atoms with Crippen LogP contribution >= 0.6 is 0 Å². The van der Waals surface area contributed by atoms with Crippen LogP contribution in [0, 0.1) is 0 Å². The molecule has 2 nitrogen and oxygen atoms in total. The lowest BCUT2D eigenvalue weighted by Gasteiger charge is -2.45. The van der Waals surface area contributed by atoms with Crippen molar-refractivity contribution in [1.82, 2.24) is 0 Å². The molecule has 0 aliphatic carbocycles. The molecule has 1 aliphatic heterocycles. The Bertz CT molecular complexity index is 418. The number of hydrogen-bond acceptors (Lipinski definition) is 2. The normalized spacial score (nSPS) is 26.7. The van der Waals surface area contributed by atoms with Gasteiger partial charge in [-0.05, 0) is 37.2 Å². The van der Waals surface area contributed by atoms with Gasteiger partial charge in [0.15, 0.2) is 7.83 Å². The van der Waals surface area contributed by atoms with Gasteiger partial charge in [0.2, 0.25) is 0 Å². The molecule has 0 amide bonds. The molecular formula is C13H23NOSi2. The van der Waals surface area contributed by atoms with Gasteiger partial charge < -0.3 is 10.2 Å². The van der Waals surface area contributed by atoms with Crippen molar-refractivity contribution in [3.63, 3.8) is 0 Å². The summed E-state index contributed by atoms with van der Waals surface area (Å²) in [6, 6.07) is 9.55. The summed E-state index contributed by atoms with van der Waals surface area (Å²) >= 11 is 0. The van der Waals surface area contributed by atoms with Gasteiger partial charge in [-0.25, -0.2) is 0 Å². The second-order valence-electron chi connectivity index (χ2n) is 6.21. The van der Waals surface area contributed by atoms with E-state index >= 15 is 0 Å². The molecule has 1 saturated heterocycles. The summed E-state index contributed by atoms with van der Waals surface area (Å²) in [6.45, 7) is 9.74. The topological polar surface area (TPSA) is 35.2 Å². The van der Waals surface area contributed by atoms with E-state index in [1.807, 2.05) is 12.1 Å². The monoisotopic (exact) mass is 265 g/mol. The van der Waals surface area contributed by atoms with E-state index in [0.717, 1.165) is 5.69 Å². The van der Waals surface area contributed by atoms with Crippen molar-refractivity contribution < 1.29 is 4.43 Å². The Hall–Kier alpha value is -0.586. The number of anilines is 1. The van der Waals surface area contributed by atoms with E-state index in [1.165, 1.54) is 18.0 Å². The molecule has 1 aliphatic rings. The summed E-state index contributed by atoms with van der Waals surface area (Å²) < 4.78 is 6.48. The molecule has 1 fully saturated rings. The summed E-state index contributed by atoms with van der Waals surface area (Å²) in [5.74, 6) is 0. The molecule has 94 valence electrons. The number of rotatable bonds is 1. The van der Waals surface area contributed by atoms with Gasteiger partial charge in [-0.1, -0.05) is 31.3 Å². The van der Waals surface area contributed by atoms with Crippen LogP contribution in [0.4, 0.5) is 5.69 Å². The molecule has 1 aromatic carbocycles. The molecular weight excluding hydrogens is 242 g/mol. The lowest BCUT2D eigenvalue weighted by Crippen LogP contribution is -2.60. The van der Waals surface area contributed by atoms with Gasteiger partial charge in [-0.3, -0.25) is 0 Å². The van der Waals surface area contributed by atoms with Crippen LogP contribution in [0.1, 0.15) is 18.1 Å². The fourth-order valence-electron chi connectivity index (χ4n) is 2.36. The summed E-state index contributed by atoms with van der Waals surface area (Å²) in [5.41, 5.74) is 7.95. The fourth-order valence-corrected chi connectivity index (χ4v) is 8.85. The first-order valence-electron chi connectivity index (χ1n) is 6.35. The zero-order valence-electron chi connectivity index (χ0n) is 11.3. The smallest absolute Gasteiger partial charge is 0.174 e. The van der Waals surface area contributed by atoms with E-state index in [2.05, 4.69) is 38.3 Å². The predicted molar refractivity (Wildman–Crippen MR) is 79.1 cm³/mol. The minimum absolute atomic E-state index is 0.278. The van der Waals surface area contributed by atoms with Crippen molar-refractivity contribution in [3.05, 3.63) is 29.8 Å². The van der Waals surface area contributed by atoms with Crippen LogP contribution in [0.15, 0.2) is 24.3 Å². The highest BCUT2D eigenvalue weighted by Gasteiger charge is 2.47. The van der Waals surface area contributed by atoms with Crippen molar-refractivity contribution >= 4 is 21.1 Å². The van der Waals surface area contributed by atoms with Crippen molar-refractivity contribution in [2.75, 3.05) is 5.73 Å². The Balaban J connectivity index is 2.21. The summed E-state index contributed by atoms with van der Waals surface area (Å²) in [5, 5.41) is 0. The standard InChI is InChI=1S/C13H23NOSi2/c1-16(2)9-8-13(15-17(16,3)4)11-6-5-7-12(14)10-11/h5-7,10,13H,8-9,14H2,1-4H3. The predicted octanol–water partition coefficient (Wildman–Crippen LogP) is 3.72. The Morgan fingerprint density at radius 2 is 1.94 bits per heavy atom. The molecule has 0 spiro atoms. The molecule has 4 heteroatoms. The first-order valence-corrected chi connectivity index (χ1v) is 13.5. The van der Waals surface area contributed by atoms with Crippen LogP contribution in [0.5, 0.6) is 0 Å². The number of benzene rings is 1. The maximum absolute atomic E-state index is 6.48. The van der Waals surface area contributed by atoms with Crippen LogP contribution in [-0.2, 0) is 4.43 Å². The van der Waals surface area contributed by atoms with Crippen LogP contribution in [0.25, 0.3) is 0 Å². The molecule has 0 saturated carbocycles. The van der Waals surface area contributed by atoms with Gasteiger partial charge in [-0.2, -0.15) is 0 Å². The average molecular weight is 266 g/mol. The SMILES string of the molecule is C[Si]1(C)CCC(c2cccc(N)c2)O[Si]1(C)C. The minimum atomic E-state index is -1.48. The lowest BCUT2D eigenvalue weighted by atomic mass is 10.1. The van der Waals surface area contributed by atoms with E-state index in [0.29, 0.717) is 0 Å². The van der Waals surface area contributed by atoms with E-state index < -0.39 is 15.4 Å². The molecule has 1 unspecified atom stereocenters. The first-order chi connectivity index (χ1) is 7.82. The highest BCUT2D eigenvalue weighted by Crippen LogP contribution is 2.40. The van der Waals surface area contributed by atoms with Gasteiger partial charge in [0.05, 0.1) is 13.7 Å². The fraction of sp³-hybridized carbons (Fsp3) is 0.538. The Morgan fingerprint density at radius 1 is 1.24 bits per heavy atom. The number of nitrogen functional groups attached to an aromatic ring is 1. The maximum atomic E-state index is 6.48. The van der Waals surface area contributed by atoms with Crippen molar-refractivity contribution in [2.24, 2.45) is 0 Å². The lowest BCUT2D eigenvalue weighted by molar-refractivity contribution is 0.189. The molecule has 0 bridgehead atoms. The third kappa shape index (κ3) is 2.48. The highest BCUT2D eigenvalue weighted by molar-refractivity contribution is 7.38. The quantitative estimate of drug-likeness (QED) is 0.620. The third-order valence-corrected chi connectivity index (χ3v) is 20.9. The molecule has 1 heterocycles. The Morgan fingerprint density at radius 3 is 2.53 bits per heavy atom. The molecule has 17 heavy (non-hydrogen) atoms. The maximum Gasteiger partial charge on any atom is 0.174 e. The summed E-state index contributed by atoms with van der Waals surface area (Å²) in [7, 11) is -2.60. The van der Waals surface area contributed by atoms with E-state index in [1.54, 1.807) is 0 Å². The average Bonchev–Trinajstić information content (AvgIpc) is 2.22. The number of hydrogen-bond donors (Lipinski definition) is 1. The second kappa shape index (κ2) is 4.26. The van der Waals surface area contributed by atoms with Crippen LogP contribution in [0.2, 0.25) is 32.2 Å². The molecule has 1 aromatic rings. The summed E-state index contributed by atoms with van der Waals surface area (Å²) in [6.07, 6.45) is 1.44. The number of nitrogens with two attached hydrogens (primary N) is 1. The Labute approximate surface area is 106 Å². The van der Waals surface area contributed by atoms with Gasteiger partial charge in [0, 0.05) is 5.69 Å². The van der Waals surface area contributed by atoms with Gasteiger partial charge in [-0.15, -0.1) is 0 Å². The van der Waals surface area contributed by atoms with Crippen molar-refractivity contribution in [1.29, 1.82) is 0 Å². The van der Waals surface area contributed by atoms with Gasteiger partial charge >= 0.3 is 0 Å². The summed E-state index contributed by atoms with van der Waals surface area (Å²) in [4.78, 5) is 0. The molecule has 2 rings (SSSR count). The van der Waals surface area contributed by atoms with Crippen molar-refractivity contribution in [2.45, 2.75) is 44.8 Å². The third-order valence-electron chi connectivity index (χ3n) is 4.38. The second-order valence-corrected chi connectivity index (χ2v) is 21.4. The highest BCUT2D eigenvalue weighted by atomic mass is 29.3. The molecule has 0 radical (unpaired) electrons. The first kappa shape index (κ1) is 12.9. The largest absolute Gasteiger partial charge is 0.413 e. The minimum Gasteiger partial charge on any atom is -0.413 e. The van der Waals surface area contributed by atoms with E-state index in [9.17, 15) is 0 Å².